The van der Waals surface area contributed by atoms with Crippen molar-refractivity contribution in [3.05, 3.63) is 40.8 Å². The van der Waals surface area contributed by atoms with Gasteiger partial charge in [0.25, 0.3) is 5.88 Å². The zero-order chi connectivity index (χ0) is 16.1. The van der Waals surface area contributed by atoms with Crippen molar-refractivity contribution in [2.24, 2.45) is 0 Å². The van der Waals surface area contributed by atoms with Gasteiger partial charge in [0.05, 0.1) is 4.92 Å². The van der Waals surface area contributed by atoms with Crippen LogP contribution in [0.15, 0.2) is 30.7 Å². The molecule has 0 bridgehead atoms. The molecule has 8 nitrogen and oxygen atoms in total. The van der Waals surface area contributed by atoms with Crippen LogP contribution in [0.2, 0.25) is 0 Å². The topological polar surface area (TPSA) is 103 Å². The molecule has 3 rings (SSSR count). The maximum Gasteiger partial charge on any atom is 0.373 e. The molecular formula is C15H17N5O3. The molecule has 8 heteroatoms. The van der Waals surface area contributed by atoms with E-state index in [4.69, 9.17) is 4.74 Å². The van der Waals surface area contributed by atoms with E-state index >= 15 is 0 Å². The zero-order valence-corrected chi connectivity index (χ0v) is 12.5. The number of rotatable bonds is 5. The van der Waals surface area contributed by atoms with Crippen LogP contribution in [0.25, 0.3) is 0 Å². The Kier molecular flexibility index (Phi) is 4.60. The van der Waals surface area contributed by atoms with E-state index in [1.54, 1.807) is 24.4 Å². The van der Waals surface area contributed by atoms with Crippen molar-refractivity contribution in [1.29, 1.82) is 0 Å². The lowest BCUT2D eigenvalue weighted by atomic mass is 9.98. The standard InChI is InChI=1S/C15H17N5O3/c21-20(22)13-14(19-12-8-4-5-9-16-12)17-10-18-15(13)23-11-6-2-1-3-7-11/h4-5,8-11H,1-3,6-7H2,(H,16,17,18,19). The molecule has 0 saturated heterocycles. The highest BCUT2D eigenvalue weighted by molar-refractivity contribution is 5.66. The average molecular weight is 315 g/mol. The molecule has 0 atom stereocenters. The van der Waals surface area contributed by atoms with Crippen LogP contribution in [0.5, 0.6) is 5.88 Å². The van der Waals surface area contributed by atoms with E-state index in [-0.39, 0.29) is 23.5 Å². The van der Waals surface area contributed by atoms with Crippen LogP contribution in [0.1, 0.15) is 32.1 Å². The quantitative estimate of drug-likeness (QED) is 0.667. The summed E-state index contributed by atoms with van der Waals surface area (Å²) >= 11 is 0. The van der Waals surface area contributed by atoms with Crippen LogP contribution >= 0.6 is 0 Å². The highest BCUT2D eigenvalue weighted by atomic mass is 16.6. The Balaban J connectivity index is 1.87. The second-order valence-corrected chi connectivity index (χ2v) is 5.35. The first-order valence-electron chi connectivity index (χ1n) is 7.58. The molecule has 0 amide bonds. The van der Waals surface area contributed by atoms with Crippen molar-refractivity contribution >= 4 is 17.3 Å². The molecule has 2 aromatic rings. The normalized spacial score (nSPS) is 15.1. The van der Waals surface area contributed by atoms with E-state index in [0.29, 0.717) is 5.82 Å². The van der Waals surface area contributed by atoms with Crippen LogP contribution in [-0.2, 0) is 0 Å². The summed E-state index contributed by atoms with van der Waals surface area (Å²) in [4.78, 5) is 22.9. The van der Waals surface area contributed by atoms with Gasteiger partial charge in [-0.2, -0.15) is 4.98 Å². The molecular weight excluding hydrogens is 298 g/mol. The summed E-state index contributed by atoms with van der Waals surface area (Å²) in [5, 5.41) is 14.3. The predicted octanol–water partition coefficient (Wildman–Crippen LogP) is 3.23. The Bertz CT molecular complexity index is 674. The van der Waals surface area contributed by atoms with Crippen molar-refractivity contribution in [1.82, 2.24) is 15.0 Å². The largest absolute Gasteiger partial charge is 0.469 e. The minimum Gasteiger partial charge on any atom is -0.469 e. The number of hydrogen-bond donors (Lipinski definition) is 1. The number of hydrogen-bond acceptors (Lipinski definition) is 7. The van der Waals surface area contributed by atoms with Gasteiger partial charge in [0.15, 0.2) is 0 Å². The summed E-state index contributed by atoms with van der Waals surface area (Å²) in [6.07, 6.45) is 7.93. The van der Waals surface area contributed by atoms with Gasteiger partial charge in [0.2, 0.25) is 5.82 Å². The van der Waals surface area contributed by atoms with Gasteiger partial charge in [-0.25, -0.2) is 9.97 Å². The molecule has 0 radical (unpaired) electrons. The first-order chi connectivity index (χ1) is 11.2. The van der Waals surface area contributed by atoms with Crippen molar-refractivity contribution < 1.29 is 9.66 Å². The lowest BCUT2D eigenvalue weighted by molar-refractivity contribution is -0.385. The number of ether oxygens (including phenoxy) is 1. The average Bonchev–Trinajstić information content (AvgIpc) is 2.56. The Morgan fingerprint density at radius 1 is 1.17 bits per heavy atom. The molecule has 1 aliphatic rings. The van der Waals surface area contributed by atoms with Crippen molar-refractivity contribution in [2.75, 3.05) is 5.32 Å². The monoisotopic (exact) mass is 315 g/mol. The Morgan fingerprint density at radius 3 is 2.70 bits per heavy atom. The summed E-state index contributed by atoms with van der Waals surface area (Å²) in [7, 11) is 0. The number of nitrogens with one attached hydrogen (secondary N) is 1. The molecule has 0 aromatic carbocycles. The molecule has 1 aliphatic carbocycles. The minimum atomic E-state index is -0.524. The van der Waals surface area contributed by atoms with Crippen LogP contribution in [0.4, 0.5) is 17.3 Å². The molecule has 0 unspecified atom stereocenters. The van der Waals surface area contributed by atoms with E-state index in [1.165, 1.54) is 12.7 Å². The van der Waals surface area contributed by atoms with Gasteiger partial charge in [0.1, 0.15) is 18.2 Å². The lowest BCUT2D eigenvalue weighted by Crippen LogP contribution is -2.21. The van der Waals surface area contributed by atoms with Crippen molar-refractivity contribution in [3.8, 4) is 5.88 Å². The van der Waals surface area contributed by atoms with E-state index in [9.17, 15) is 10.1 Å². The van der Waals surface area contributed by atoms with E-state index in [0.717, 1.165) is 25.7 Å². The maximum absolute atomic E-state index is 11.5. The third kappa shape index (κ3) is 3.71. The fourth-order valence-electron chi connectivity index (χ4n) is 2.60. The van der Waals surface area contributed by atoms with Crippen LogP contribution < -0.4 is 10.1 Å². The highest BCUT2D eigenvalue weighted by Gasteiger charge is 2.27. The molecule has 2 aromatic heterocycles. The number of anilines is 2. The molecule has 0 aliphatic heterocycles. The fraction of sp³-hybridized carbons (Fsp3) is 0.400. The van der Waals surface area contributed by atoms with Gasteiger partial charge >= 0.3 is 5.69 Å². The van der Waals surface area contributed by atoms with E-state index in [2.05, 4.69) is 20.3 Å². The fourth-order valence-corrected chi connectivity index (χ4v) is 2.60. The minimum absolute atomic E-state index is 0.00957. The predicted molar refractivity (Wildman–Crippen MR) is 83.7 cm³/mol. The Morgan fingerprint density at radius 2 is 2.00 bits per heavy atom. The van der Waals surface area contributed by atoms with Gasteiger partial charge < -0.3 is 10.1 Å². The van der Waals surface area contributed by atoms with Gasteiger partial charge in [-0.1, -0.05) is 12.5 Å². The first-order valence-corrected chi connectivity index (χ1v) is 7.58. The van der Waals surface area contributed by atoms with Gasteiger partial charge in [-0.15, -0.1) is 0 Å². The number of nitro groups is 1. The molecule has 0 spiro atoms. The second-order valence-electron chi connectivity index (χ2n) is 5.35. The molecule has 1 N–H and O–H groups in total. The Labute approximate surface area is 133 Å². The molecule has 2 heterocycles. The highest BCUT2D eigenvalue weighted by Crippen LogP contribution is 2.34. The smallest absolute Gasteiger partial charge is 0.373 e. The maximum atomic E-state index is 11.5. The Hall–Kier alpha value is -2.77. The summed E-state index contributed by atoms with van der Waals surface area (Å²) in [6.45, 7) is 0. The summed E-state index contributed by atoms with van der Waals surface area (Å²) in [5.74, 6) is 0.558. The van der Waals surface area contributed by atoms with Gasteiger partial charge in [-0.05, 0) is 37.8 Å². The van der Waals surface area contributed by atoms with Crippen molar-refractivity contribution in [2.45, 2.75) is 38.2 Å². The molecule has 1 saturated carbocycles. The van der Waals surface area contributed by atoms with E-state index in [1.807, 2.05) is 0 Å². The molecule has 120 valence electrons. The lowest BCUT2D eigenvalue weighted by Gasteiger charge is -2.22. The third-order valence-electron chi connectivity index (χ3n) is 3.71. The van der Waals surface area contributed by atoms with Crippen LogP contribution in [-0.4, -0.2) is 26.0 Å². The first kappa shape index (κ1) is 15.1. The summed E-state index contributed by atoms with van der Waals surface area (Å²) in [6, 6.07) is 5.24. The van der Waals surface area contributed by atoms with E-state index < -0.39 is 4.92 Å². The number of pyridine rings is 1. The SMILES string of the molecule is O=[N+]([O-])c1c(Nc2ccccn2)ncnc1OC1CCCCC1. The van der Waals surface area contributed by atoms with Crippen LogP contribution in [0.3, 0.4) is 0 Å². The number of aromatic nitrogens is 3. The third-order valence-corrected chi connectivity index (χ3v) is 3.71. The van der Waals surface area contributed by atoms with Crippen LogP contribution in [0, 0.1) is 10.1 Å². The van der Waals surface area contributed by atoms with Gasteiger partial charge in [-0.3, -0.25) is 10.1 Å². The van der Waals surface area contributed by atoms with Crippen molar-refractivity contribution in [3.63, 3.8) is 0 Å². The summed E-state index contributed by atoms with van der Waals surface area (Å²) < 4.78 is 5.77. The second kappa shape index (κ2) is 6.99. The molecule has 23 heavy (non-hydrogen) atoms. The summed E-state index contributed by atoms with van der Waals surface area (Å²) in [5.41, 5.74) is -0.260. The number of nitrogens with zero attached hydrogens (tertiary/aromatic N) is 4. The zero-order valence-electron chi connectivity index (χ0n) is 12.5. The molecule has 1 fully saturated rings. The van der Waals surface area contributed by atoms with Gasteiger partial charge in [0, 0.05) is 6.20 Å².